The minimum absolute atomic E-state index is 0. The van der Waals surface area contributed by atoms with Crippen molar-refractivity contribution in [3.8, 4) is 0 Å². The van der Waals surface area contributed by atoms with Crippen LogP contribution in [0.4, 0.5) is 11.4 Å². The molecule has 1 heterocycles. The summed E-state index contributed by atoms with van der Waals surface area (Å²) in [5.41, 5.74) is 12.8. The number of hydrogen-bond donors (Lipinski definition) is 0. The van der Waals surface area contributed by atoms with Gasteiger partial charge in [0, 0.05) is 35.9 Å². The Balaban J connectivity index is 0.00000576. The van der Waals surface area contributed by atoms with E-state index in [-0.39, 0.29) is 24.6 Å². The van der Waals surface area contributed by atoms with Crippen molar-refractivity contribution in [3.63, 3.8) is 0 Å². The van der Waals surface area contributed by atoms with Crippen LogP contribution in [-0.2, 0) is 19.5 Å². The van der Waals surface area contributed by atoms with Crippen LogP contribution in [0, 0.1) is 41.5 Å². The summed E-state index contributed by atoms with van der Waals surface area (Å²) in [7, 11) is -0.427. The minimum Gasteiger partial charge on any atom is -0.325 e. The Morgan fingerprint density at radius 2 is 1.20 bits per heavy atom. The van der Waals surface area contributed by atoms with Crippen LogP contribution in [0.3, 0.4) is 0 Å². The number of unbranched alkanes of at least 4 members (excludes halogenated alkanes) is 2. The molecule has 3 aromatic rings. The fourth-order valence-corrected chi connectivity index (χ4v) is 10.8. The van der Waals surface area contributed by atoms with E-state index in [9.17, 15) is 0 Å². The van der Waals surface area contributed by atoms with Gasteiger partial charge in [-0.1, -0.05) is 112 Å². The number of benzene rings is 3. The summed E-state index contributed by atoms with van der Waals surface area (Å²) in [6, 6.07) is 19.7. The van der Waals surface area contributed by atoms with Crippen LogP contribution in [0.2, 0.25) is 0 Å². The number of nitrogens with zero attached hydrogens (tertiary/aromatic N) is 2. The fourth-order valence-electron chi connectivity index (χ4n) is 7.05. The van der Waals surface area contributed by atoms with E-state index in [1.807, 2.05) is 0 Å². The summed E-state index contributed by atoms with van der Waals surface area (Å²) in [6.07, 6.45) is 9.97. The third-order valence-corrected chi connectivity index (χ3v) is 12.9. The van der Waals surface area contributed by atoms with Crippen LogP contribution >= 0.6 is 31.1 Å². The van der Waals surface area contributed by atoms with Gasteiger partial charge in [0.15, 0.2) is 0 Å². The molecule has 4 rings (SSSR count). The molecule has 46 heavy (non-hydrogen) atoms. The quantitative estimate of drug-likeness (QED) is 0.0972. The molecule has 6 heteroatoms. The van der Waals surface area contributed by atoms with Gasteiger partial charge < -0.3 is 9.80 Å². The van der Waals surface area contributed by atoms with Gasteiger partial charge in [-0.25, -0.2) is 0 Å². The monoisotopic (exact) mass is 764 g/mol. The first-order valence-corrected chi connectivity index (χ1v) is 19.4. The normalized spacial score (nSPS) is 14.2. The van der Waals surface area contributed by atoms with Crippen molar-refractivity contribution in [1.29, 1.82) is 0 Å². The zero-order chi connectivity index (χ0) is 32.7. The zero-order valence-electron chi connectivity index (χ0n) is 29.2. The van der Waals surface area contributed by atoms with E-state index in [0.29, 0.717) is 6.42 Å². The van der Waals surface area contributed by atoms with E-state index in [2.05, 4.69) is 126 Å². The van der Waals surface area contributed by atoms with E-state index in [0.717, 1.165) is 23.7 Å². The van der Waals surface area contributed by atoms with Gasteiger partial charge in [-0.3, -0.25) is 0 Å². The molecule has 0 aromatic heterocycles. The van der Waals surface area contributed by atoms with Gasteiger partial charge in [0.1, 0.15) is 5.82 Å². The predicted molar refractivity (Wildman–Crippen MR) is 204 cm³/mol. The first kappa shape index (κ1) is 38.8. The van der Waals surface area contributed by atoms with Crippen molar-refractivity contribution < 1.29 is 19.5 Å². The number of aryl methyl sites for hydroxylation is 6. The zero-order valence-corrected chi connectivity index (χ0v) is 33.3. The van der Waals surface area contributed by atoms with Crippen molar-refractivity contribution in [2.24, 2.45) is 0 Å². The fraction of sp³-hybridized carbons (Fsp3) is 0.450. The molecule has 3 aromatic carbocycles. The molecule has 0 radical (unpaired) electrons. The van der Waals surface area contributed by atoms with E-state index in [1.54, 1.807) is 0 Å². The Bertz CT molecular complexity index is 1400. The van der Waals surface area contributed by atoms with E-state index in [4.69, 9.17) is 23.2 Å². The van der Waals surface area contributed by atoms with E-state index < -0.39 is 7.92 Å². The molecule has 0 amide bonds. The molecule has 0 saturated carbocycles. The van der Waals surface area contributed by atoms with Gasteiger partial charge in [-0.2, -0.15) is 0 Å². The van der Waals surface area contributed by atoms with Gasteiger partial charge in [0.05, 0.1) is 5.12 Å². The van der Waals surface area contributed by atoms with Gasteiger partial charge >= 0.3 is 19.5 Å². The molecule has 0 aliphatic carbocycles. The van der Waals surface area contributed by atoms with Crippen molar-refractivity contribution in [2.45, 2.75) is 92.6 Å². The Kier molecular flexibility index (Phi) is 15.4. The summed E-state index contributed by atoms with van der Waals surface area (Å²) in [5, 5.41) is 0.767. The average molecular weight is 765 g/mol. The number of hydrogen-bond acceptors (Lipinski definition) is 2. The first-order valence-electron chi connectivity index (χ1n) is 16.8. The molecule has 1 atom stereocenters. The minimum atomic E-state index is -0.427. The van der Waals surface area contributed by atoms with Gasteiger partial charge in [0.25, 0.3) is 0 Å². The van der Waals surface area contributed by atoms with Gasteiger partial charge in [0.2, 0.25) is 0 Å². The number of halogens is 2. The Hall–Kier alpha value is -1.63. The van der Waals surface area contributed by atoms with Crippen molar-refractivity contribution >= 4 is 48.6 Å². The molecule has 0 spiro atoms. The van der Waals surface area contributed by atoms with Crippen LogP contribution in [0.25, 0.3) is 6.08 Å². The van der Waals surface area contributed by atoms with Crippen LogP contribution in [0.15, 0.2) is 71.0 Å². The number of alkyl halides is 1. The molecule has 2 nitrogen and oxygen atoms in total. The van der Waals surface area contributed by atoms with Crippen LogP contribution < -0.4 is 9.80 Å². The van der Waals surface area contributed by atoms with Crippen LogP contribution in [0.5, 0.6) is 0 Å². The molecule has 0 bridgehead atoms. The molecule has 1 aliphatic rings. The maximum atomic E-state index is 7.86. The van der Waals surface area contributed by atoms with Crippen molar-refractivity contribution in [3.05, 3.63) is 110 Å². The largest absolute Gasteiger partial charge is 2.00 e. The Morgan fingerprint density at radius 1 is 0.761 bits per heavy atom. The van der Waals surface area contributed by atoms with Gasteiger partial charge in [-0.15, -0.1) is 11.6 Å². The summed E-state index contributed by atoms with van der Waals surface area (Å²) in [5.74, 6) is 1.24. The van der Waals surface area contributed by atoms with Gasteiger partial charge in [-0.05, 0) is 106 Å². The Morgan fingerprint density at radius 3 is 1.61 bits per heavy atom. The van der Waals surface area contributed by atoms with Crippen molar-refractivity contribution in [2.75, 3.05) is 35.2 Å². The maximum absolute atomic E-state index is 7.86. The predicted octanol–water partition coefficient (Wildman–Crippen LogP) is 12.4. The molecule has 248 valence electrons. The maximum Gasteiger partial charge on any atom is 2.00 e. The average Bonchev–Trinajstić information content (AvgIpc) is 3.38. The summed E-state index contributed by atoms with van der Waals surface area (Å²) in [4.78, 5) is 5.15. The topological polar surface area (TPSA) is 6.48 Å². The molecule has 1 saturated heterocycles. The third-order valence-electron chi connectivity index (χ3n) is 8.84. The Labute approximate surface area is 304 Å². The second-order valence-corrected chi connectivity index (χ2v) is 16.7. The third kappa shape index (κ3) is 9.50. The second kappa shape index (κ2) is 18.2. The van der Waals surface area contributed by atoms with E-state index in [1.165, 1.54) is 94.2 Å². The summed E-state index contributed by atoms with van der Waals surface area (Å²) in [6.45, 7) is 19.8. The second-order valence-electron chi connectivity index (χ2n) is 12.9. The molecular formula is C40H53Cl2N2PRu+2. The number of rotatable bonds is 13. The van der Waals surface area contributed by atoms with E-state index >= 15 is 0 Å². The molecular weight excluding hydrogens is 711 g/mol. The number of allylic oxidation sites excluding steroid dienone is 2. The first-order chi connectivity index (χ1) is 21.5. The van der Waals surface area contributed by atoms with Crippen molar-refractivity contribution in [1.82, 2.24) is 0 Å². The SMILES string of the molecule is CCCCP(CCCC)C(Cl)C(CC(Cl)=Cc1ccccc1)=C1N(c2c(C)cc(C)cc2C)CCN1c1c(C)cc(C)cc1C.[Ru+2]. The molecule has 1 aliphatic heterocycles. The smallest absolute Gasteiger partial charge is 0.325 e. The summed E-state index contributed by atoms with van der Waals surface area (Å²) < 4.78 is 0. The summed E-state index contributed by atoms with van der Waals surface area (Å²) >= 11 is 15.1. The standard InChI is InChI=1S/C40H53Cl2N2P.Ru/c1-9-11-20-45(21-12-10-2)39(42)36(27-35(41)26-34-16-14-13-15-17-34)40-43(37-30(5)22-28(3)23-31(37)6)18-19-44(40)38-32(7)24-29(4)25-33(38)8;/h13-17,22-26,39H,9-12,18-21,27H2,1-8H3;/q;+2. The molecule has 1 unspecified atom stereocenters. The number of anilines is 2. The molecule has 1 fully saturated rings. The molecule has 0 N–H and O–H groups in total. The van der Waals surface area contributed by atoms with Crippen LogP contribution in [0.1, 0.15) is 84.9 Å². The van der Waals surface area contributed by atoms with Crippen LogP contribution in [-0.4, -0.2) is 30.5 Å².